The van der Waals surface area contributed by atoms with E-state index >= 15 is 0 Å². The topological polar surface area (TPSA) is 52.3 Å². The molecule has 2 atom stereocenters. The lowest BCUT2D eigenvalue weighted by Gasteiger charge is -2.10. The minimum atomic E-state index is -1.79. The molecule has 4 heteroatoms. The number of rotatable bonds is 6. The molecule has 0 heterocycles. The van der Waals surface area contributed by atoms with Gasteiger partial charge in [0.2, 0.25) is 0 Å². The average molecular weight is 179 g/mol. The van der Waals surface area contributed by atoms with E-state index in [4.69, 9.17) is 10.3 Å². The maximum absolute atomic E-state index is 11.1. The smallest absolute Gasteiger partial charge is 0.191 e. The van der Waals surface area contributed by atoms with Gasteiger partial charge in [-0.2, -0.15) is 0 Å². The van der Waals surface area contributed by atoms with Crippen molar-refractivity contribution in [3.05, 3.63) is 0 Å². The van der Waals surface area contributed by atoms with Crippen LogP contribution >= 0.6 is 8.03 Å². The Bertz CT molecular complexity index is 115. The zero-order valence-corrected chi connectivity index (χ0v) is 8.30. The first-order chi connectivity index (χ1) is 5.24. The average Bonchev–Trinajstić information content (AvgIpc) is 2.01. The second-order valence-electron chi connectivity index (χ2n) is 2.52. The molecule has 3 nitrogen and oxygen atoms in total. The summed E-state index contributed by atoms with van der Waals surface area (Å²) in [6.45, 7) is 5.06. The predicted molar refractivity (Wildman–Crippen MR) is 48.3 cm³/mol. The van der Waals surface area contributed by atoms with E-state index in [1.807, 2.05) is 6.92 Å². The van der Waals surface area contributed by atoms with Gasteiger partial charge in [0.25, 0.3) is 0 Å². The first kappa shape index (κ1) is 11.2. The maximum atomic E-state index is 11.1. The lowest BCUT2D eigenvalue weighted by molar-refractivity contribution is 0.345. The van der Waals surface area contributed by atoms with E-state index in [1.54, 1.807) is 0 Å². The van der Waals surface area contributed by atoms with Crippen LogP contribution in [0.1, 0.15) is 20.3 Å². The molecule has 0 saturated carbocycles. The molecule has 0 fully saturated rings. The zero-order chi connectivity index (χ0) is 8.69. The summed E-state index contributed by atoms with van der Waals surface area (Å²) in [7, 11) is -1.79. The van der Waals surface area contributed by atoms with Gasteiger partial charge in [-0.25, -0.2) is 0 Å². The van der Waals surface area contributed by atoms with E-state index in [-0.39, 0.29) is 0 Å². The molecular weight excluding hydrogens is 161 g/mol. The van der Waals surface area contributed by atoms with Gasteiger partial charge in [-0.15, -0.1) is 0 Å². The molecule has 2 N–H and O–H groups in total. The predicted octanol–water partition coefficient (Wildman–Crippen LogP) is 1.48. The summed E-state index contributed by atoms with van der Waals surface area (Å²) in [5.41, 5.74) is 5.45. The third kappa shape index (κ3) is 5.42. The maximum Gasteiger partial charge on any atom is 0.191 e. The van der Waals surface area contributed by atoms with Crippen LogP contribution in [0.4, 0.5) is 0 Å². The molecule has 0 aliphatic rings. The third-order valence-electron chi connectivity index (χ3n) is 1.67. The Hall–Kier alpha value is 0.150. The molecule has 0 saturated heterocycles. The van der Waals surface area contributed by atoms with Gasteiger partial charge in [0, 0.05) is 6.16 Å². The summed E-state index contributed by atoms with van der Waals surface area (Å²) in [6.07, 6.45) is 1.63. The van der Waals surface area contributed by atoms with Gasteiger partial charge in [-0.1, -0.05) is 13.3 Å². The van der Waals surface area contributed by atoms with Crippen LogP contribution in [0, 0.1) is 5.92 Å². The van der Waals surface area contributed by atoms with Gasteiger partial charge >= 0.3 is 0 Å². The van der Waals surface area contributed by atoms with E-state index in [9.17, 15) is 4.57 Å². The Morgan fingerprint density at radius 3 is 2.55 bits per heavy atom. The Morgan fingerprint density at radius 2 is 2.18 bits per heavy atom. The van der Waals surface area contributed by atoms with Crippen LogP contribution in [-0.2, 0) is 9.09 Å². The minimum absolute atomic E-state index is 0.368. The minimum Gasteiger partial charge on any atom is -0.331 e. The van der Waals surface area contributed by atoms with Gasteiger partial charge in [0.05, 0.1) is 6.61 Å². The van der Waals surface area contributed by atoms with Crippen molar-refractivity contribution in [1.29, 1.82) is 0 Å². The molecule has 0 spiro atoms. The standard InChI is InChI=1S/C7H18NO2P/c1-3-7(5-8)6-11(9)10-4-2/h7,11H,3-6,8H2,1-2H3. The Balaban J connectivity index is 3.54. The van der Waals surface area contributed by atoms with Crippen LogP contribution in [0.3, 0.4) is 0 Å². The molecule has 0 aliphatic heterocycles. The van der Waals surface area contributed by atoms with Crippen LogP contribution < -0.4 is 5.73 Å². The van der Waals surface area contributed by atoms with Crippen LogP contribution in [0.25, 0.3) is 0 Å². The summed E-state index contributed by atoms with van der Waals surface area (Å²) in [5, 5.41) is 0. The highest BCUT2D eigenvalue weighted by Crippen LogP contribution is 2.25. The molecule has 0 rings (SSSR count). The van der Waals surface area contributed by atoms with Crippen molar-refractivity contribution < 1.29 is 9.09 Å². The van der Waals surface area contributed by atoms with E-state index < -0.39 is 8.03 Å². The van der Waals surface area contributed by atoms with Crippen molar-refractivity contribution in [2.24, 2.45) is 11.7 Å². The number of hydrogen-bond acceptors (Lipinski definition) is 3. The van der Waals surface area contributed by atoms with Crippen molar-refractivity contribution in [3.8, 4) is 0 Å². The molecule has 0 aromatic heterocycles. The fourth-order valence-corrected chi connectivity index (χ4v) is 2.22. The first-order valence-corrected chi connectivity index (χ1v) is 5.62. The lowest BCUT2D eigenvalue weighted by atomic mass is 10.1. The summed E-state index contributed by atoms with van der Waals surface area (Å²) in [4.78, 5) is 0. The highest BCUT2D eigenvalue weighted by molar-refractivity contribution is 7.39. The van der Waals surface area contributed by atoms with Crippen molar-refractivity contribution in [2.75, 3.05) is 19.3 Å². The fraction of sp³-hybridized carbons (Fsp3) is 1.00. The molecule has 2 unspecified atom stereocenters. The summed E-state index contributed by atoms with van der Waals surface area (Å²) in [6, 6.07) is 0. The SMILES string of the molecule is CCO[PH](=O)CC(CC)CN. The molecule has 0 aromatic carbocycles. The quantitative estimate of drug-likeness (QED) is 0.628. The van der Waals surface area contributed by atoms with Gasteiger partial charge in [-0.05, 0) is 19.4 Å². The summed E-state index contributed by atoms with van der Waals surface area (Å²) in [5.74, 6) is 0.368. The fourth-order valence-electron chi connectivity index (χ4n) is 0.850. The second kappa shape index (κ2) is 6.84. The second-order valence-corrected chi connectivity index (χ2v) is 3.96. The molecule has 0 radical (unpaired) electrons. The molecule has 11 heavy (non-hydrogen) atoms. The number of hydrogen-bond donors (Lipinski definition) is 1. The Kier molecular flexibility index (Phi) is 6.93. The van der Waals surface area contributed by atoms with Crippen LogP contribution in [0.2, 0.25) is 0 Å². The van der Waals surface area contributed by atoms with Crippen LogP contribution in [0.15, 0.2) is 0 Å². The van der Waals surface area contributed by atoms with E-state index in [2.05, 4.69) is 6.92 Å². The van der Waals surface area contributed by atoms with Crippen molar-refractivity contribution in [1.82, 2.24) is 0 Å². The van der Waals surface area contributed by atoms with Crippen molar-refractivity contribution >= 4 is 8.03 Å². The third-order valence-corrected chi connectivity index (χ3v) is 3.19. The highest BCUT2D eigenvalue weighted by atomic mass is 31.1. The molecule has 68 valence electrons. The molecule has 0 bridgehead atoms. The van der Waals surface area contributed by atoms with E-state index in [0.29, 0.717) is 25.2 Å². The van der Waals surface area contributed by atoms with E-state index in [0.717, 1.165) is 6.42 Å². The first-order valence-electron chi connectivity index (χ1n) is 4.10. The normalized spacial score (nSPS) is 16.3. The van der Waals surface area contributed by atoms with Crippen molar-refractivity contribution in [3.63, 3.8) is 0 Å². The summed E-state index contributed by atoms with van der Waals surface area (Å²) >= 11 is 0. The Morgan fingerprint density at radius 1 is 1.55 bits per heavy atom. The monoisotopic (exact) mass is 179 g/mol. The number of nitrogens with two attached hydrogens (primary N) is 1. The van der Waals surface area contributed by atoms with Gasteiger partial charge < -0.3 is 10.3 Å². The van der Waals surface area contributed by atoms with E-state index in [1.165, 1.54) is 0 Å². The highest BCUT2D eigenvalue weighted by Gasteiger charge is 2.08. The molecule has 0 aliphatic carbocycles. The van der Waals surface area contributed by atoms with Gasteiger partial charge in [-0.3, -0.25) is 4.57 Å². The summed E-state index contributed by atoms with van der Waals surface area (Å²) < 4.78 is 16.0. The van der Waals surface area contributed by atoms with Gasteiger partial charge in [0.1, 0.15) is 0 Å². The molecule has 0 aromatic rings. The Labute approximate surface area is 69.2 Å². The van der Waals surface area contributed by atoms with Crippen LogP contribution in [-0.4, -0.2) is 19.3 Å². The molecule has 0 amide bonds. The lowest BCUT2D eigenvalue weighted by Crippen LogP contribution is -2.15. The van der Waals surface area contributed by atoms with Gasteiger partial charge in [0.15, 0.2) is 8.03 Å². The van der Waals surface area contributed by atoms with Crippen molar-refractivity contribution in [2.45, 2.75) is 20.3 Å². The van der Waals surface area contributed by atoms with Crippen LogP contribution in [0.5, 0.6) is 0 Å². The largest absolute Gasteiger partial charge is 0.331 e. The zero-order valence-electron chi connectivity index (χ0n) is 7.30. The molecular formula is C7H18NO2P.